The summed E-state index contributed by atoms with van der Waals surface area (Å²) in [6.07, 6.45) is 1.54. The quantitative estimate of drug-likeness (QED) is 0.0422. The van der Waals surface area contributed by atoms with E-state index in [4.69, 9.17) is 27.8 Å². The maximum absolute atomic E-state index is 13.3. The van der Waals surface area contributed by atoms with Crippen LogP contribution in [0.25, 0.3) is 0 Å². The van der Waals surface area contributed by atoms with Crippen LogP contribution < -0.4 is 38.3 Å². The summed E-state index contributed by atoms with van der Waals surface area (Å²) in [7, 11) is 1.62. The van der Waals surface area contributed by atoms with Gasteiger partial charge in [-0.1, -0.05) is 5.16 Å². The van der Waals surface area contributed by atoms with Gasteiger partial charge in [-0.25, -0.2) is 14.4 Å². The molecule has 0 aromatic carbocycles. The van der Waals surface area contributed by atoms with Crippen molar-refractivity contribution in [2.75, 3.05) is 48.7 Å². The minimum absolute atomic E-state index is 0.00152. The Balaban J connectivity index is 1.54. The molecular weight excluding hydrogens is 674 g/mol. The molecule has 260 valence electrons. The number of amides is 4. The Morgan fingerprint density at radius 2 is 1.88 bits per heavy atom. The normalized spacial score (nSPS) is 17.8. The zero-order valence-corrected chi connectivity index (χ0v) is 27.7. The van der Waals surface area contributed by atoms with Crippen molar-refractivity contribution in [1.29, 1.82) is 0 Å². The second kappa shape index (κ2) is 14.4. The first-order chi connectivity index (χ1) is 22.6. The van der Waals surface area contributed by atoms with Crippen LogP contribution >= 0.6 is 23.3 Å². The molecule has 4 amide bonds. The van der Waals surface area contributed by atoms with E-state index in [0.29, 0.717) is 5.57 Å². The summed E-state index contributed by atoms with van der Waals surface area (Å²) >= 11 is 1.96. The average Bonchev–Trinajstić information content (AvgIpc) is 3.57. The molecule has 21 nitrogen and oxygen atoms in total. The number of anilines is 3. The molecule has 0 spiro atoms. The summed E-state index contributed by atoms with van der Waals surface area (Å²) in [6, 6.07) is -1.63. The van der Waals surface area contributed by atoms with Gasteiger partial charge in [0.1, 0.15) is 17.1 Å². The van der Waals surface area contributed by atoms with Crippen molar-refractivity contribution in [2.45, 2.75) is 37.4 Å². The fourth-order valence-electron chi connectivity index (χ4n) is 4.61. The Bertz CT molecular complexity index is 1680. The van der Waals surface area contributed by atoms with Gasteiger partial charge < -0.3 is 48.2 Å². The van der Waals surface area contributed by atoms with Crippen molar-refractivity contribution in [1.82, 2.24) is 29.2 Å². The van der Waals surface area contributed by atoms with Crippen molar-refractivity contribution in [3.05, 3.63) is 23.3 Å². The van der Waals surface area contributed by atoms with Crippen LogP contribution in [0.1, 0.15) is 19.7 Å². The maximum atomic E-state index is 13.3. The average molecular weight is 711 g/mol. The van der Waals surface area contributed by atoms with Crippen molar-refractivity contribution in [2.24, 2.45) is 23.7 Å². The number of oxime groups is 1. The van der Waals surface area contributed by atoms with Gasteiger partial charge in [-0.2, -0.15) is 9.36 Å². The molecule has 2 aliphatic heterocycles. The van der Waals surface area contributed by atoms with E-state index < -0.39 is 52.5 Å². The third-order valence-electron chi connectivity index (χ3n) is 7.25. The summed E-state index contributed by atoms with van der Waals surface area (Å²) in [6.45, 7) is 3.42. The third-order valence-corrected chi connectivity index (χ3v) is 9.14. The van der Waals surface area contributed by atoms with E-state index in [0.717, 1.165) is 16.4 Å². The molecule has 23 heteroatoms. The lowest BCUT2D eigenvalue weighted by atomic mass is 10.0. The molecular formula is C25H36N13O8S2+. The van der Waals surface area contributed by atoms with Gasteiger partial charge in [-0.3, -0.25) is 19.8 Å². The molecule has 0 bridgehead atoms. The zero-order valence-electron chi connectivity index (χ0n) is 26.1. The molecule has 12 N–H and O–H groups in total. The highest BCUT2D eigenvalue weighted by Crippen LogP contribution is 2.40. The molecule has 2 aromatic heterocycles. The molecule has 4 heterocycles. The van der Waals surface area contributed by atoms with E-state index in [2.05, 4.69) is 25.1 Å². The fourth-order valence-corrected chi connectivity index (χ4v) is 6.38. The van der Waals surface area contributed by atoms with E-state index in [9.17, 15) is 34.2 Å². The van der Waals surface area contributed by atoms with Gasteiger partial charge in [0.15, 0.2) is 23.2 Å². The number of nitrogens with two attached hydrogens (primary N) is 4. The number of urea groups is 1. The molecule has 4 rings (SSSR count). The molecule has 0 saturated carbocycles. The molecule has 2 atom stereocenters. The number of nitrogen functional groups attached to an aromatic ring is 2. The first-order valence-electron chi connectivity index (χ1n) is 14.2. The molecule has 1 fully saturated rings. The lowest BCUT2D eigenvalue weighted by molar-refractivity contribution is -0.765. The number of aromatic nitrogens is 4. The van der Waals surface area contributed by atoms with Crippen LogP contribution in [0.15, 0.2) is 22.6 Å². The van der Waals surface area contributed by atoms with Crippen LogP contribution in [0.2, 0.25) is 0 Å². The Morgan fingerprint density at radius 3 is 2.44 bits per heavy atom. The number of carbonyl (C=O) groups is 5. The van der Waals surface area contributed by atoms with Crippen LogP contribution in [0.5, 0.6) is 0 Å². The number of β-lactam (4-membered cyclic amide) rings is 1. The van der Waals surface area contributed by atoms with Crippen molar-refractivity contribution >= 4 is 75.4 Å². The summed E-state index contributed by atoms with van der Waals surface area (Å²) in [5.74, 6) is -4.32. The van der Waals surface area contributed by atoms with Crippen LogP contribution in [0, 0.1) is 0 Å². The Kier molecular flexibility index (Phi) is 10.8. The van der Waals surface area contributed by atoms with Gasteiger partial charge >= 0.3 is 18.0 Å². The number of rotatable bonds is 14. The number of carboxylic acids is 2. The predicted octanol–water partition coefficient (Wildman–Crippen LogP) is -2.90. The van der Waals surface area contributed by atoms with Crippen LogP contribution in [0.3, 0.4) is 0 Å². The largest absolute Gasteiger partial charge is 0.478 e. The highest BCUT2D eigenvalue weighted by atomic mass is 32.2. The van der Waals surface area contributed by atoms with E-state index >= 15 is 0 Å². The first kappa shape index (κ1) is 35.8. The van der Waals surface area contributed by atoms with Crippen LogP contribution in [-0.2, 0) is 37.6 Å². The summed E-state index contributed by atoms with van der Waals surface area (Å²) < 4.78 is 7.03. The van der Waals surface area contributed by atoms with Crippen molar-refractivity contribution < 1.29 is 43.7 Å². The molecule has 2 aromatic rings. The standard InChI is InChI=1S/C25H35N13O8S2/c1-25(2,22(43)44)46-33-13(17-32-23(29)48-34-17)18(39)31-14-19(40)38-15(21(41)42)11(10-47-20(14)38)8-37-9-12(16(28)35(37)3)30-24(45)36(6-4-26)7-5-27/h9,14,20,28H,4-8,10,26-27H2,1-3H3,(H6,29,30,31,32,34,39,41,42,43,44,45)/p+1/b33-13-/t14-,20?/m1/s1. The fraction of sp³-hybridized carbons (Fsp3) is 0.480. The Morgan fingerprint density at radius 1 is 1.21 bits per heavy atom. The van der Waals surface area contributed by atoms with Gasteiger partial charge in [-0.15, -0.1) is 21.1 Å². The highest BCUT2D eigenvalue weighted by molar-refractivity contribution is 8.00. The lowest BCUT2D eigenvalue weighted by Gasteiger charge is -2.49. The van der Waals surface area contributed by atoms with Crippen molar-refractivity contribution in [3.63, 3.8) is 0 Å². The number of fused-ring (bicyclic) bond motifs is 1. The smallest absolute Gasteiger partial charge is 0.352 e. The number of nitrogens with one attached hydrogen (secondary N) is 2. The van der Waals surface area contributed by atoms with Crippen LogP contribution in [-0.4, -0.2) is 118 Å². The van der Waals surface area contributed by atoms with E-state index in [1.807, 2.05) is 0 Å². The number of carboxylic acid groups (broad SMARTS) is 2. The minimum Gasteiger partial charge on any atom is -0.478 e. The lowest BCUT2D eigenvalue weighted by Crippen LogP contribution is -2.71. The second-order valence-electron chi connectivity index (χ2n) is 11.0. The first-order valence-corrected chi connectivity index (χ1v) is 16.0. The number of hydrogen-bond donors (Lipinski definition) is 8. The Labute approximate surface area is 281 Å². The topological polar surface area (TPSA) is 317 Å². The highest BCUT2D eigenvalue weighted by Gasteiger charge is 2.55. The minimum atomic E-state index is -1.82. The molecule has 1 saturated heterocycles. The monoisotopic (exact) mass is 710 g/mol. The number of carbonyl (C=O) groups excluding carboxylic acids is 3. The van der Waals surface area contributed by atoms with Gasteiger partial charge in [0, 0.05) is 49.0 Å². The number of nitrogens with zero attached hydrogens (tertiary/aromatic N) is 7. The molecule has 0 radical (unpaired) electrons. The van der Waals surface area contributed by atoms with Gasteiger partial charge in [-0.05, 0) is 13.8 Å². The van der Waals surface area contributed by atoms with E-state index in [-0.39, 0.29) is 66.6 Å². The SMILES string of the molecule is Cn1c(N)c(NC(=O)N(CCN)CCN)c[n+]1CC1=C(C(=O)O)N2C(=O)[C@@H](NC(=O)/C(=N\OC(C)(C)C(=O)O)c3nsc(N)n3)C2SC1. The van der Waals surface area contributed by atoms with E-state index in [1.54, 1.807) is 11.7 Å². The van der Waals surface area contributed by atoms with Crippen LogP contribution in [0.4, 0.5) is 21.4 Å². The van der Waals surface area contributed by atoms with E-state index in [1.165, 1.54) is 41.4 Å². The van der Waals surface area contributed by atoms with Gasteiger partial charge in [0.25, 0.3) is 11.8 Å². The predicted molar refractivity (Wildman–Crippen MR) is 172 cm³/mol. The molecule has 48 heavy (non-hydrogen) atoms. The third kappa shape index (κ3) is 7.27. The number of hydrogen-bond acceptors (Lipinski definition) is 15. The summed E-state index contributed by atoms with van der Waals surface area (Å²) in [4.78, 5) is 74.8. The molecule has 1 unspecified atom stereocenters. The number of thioether (sulfide) groups is 1. The number of aliphatic carboxylic acids is 2. The maximum Gasteiger partial charge on any atom is 0.352 e. The van der Waals surface area contributed by atoms with Crippen molar-refractivity contribution in [3.8, 4) is 0 Å². The summed E-state index contributed by atoms with van der Waals surface area (Å²) in [5, 5.41) is 27.6. The molecule has 0 aliphatic carbocycles. The van der Waals surface area contributed by atoms with Gasteiger partial charge in [0.05, 0.1) is 7.05 Å². The summed E-state index contributed by atoms with van der Waals surface area (Å²) in [5.41, 5.74) is 21.1. The van der Waals surface area contributed by atoms with Gasteiger partial charge in [0.2, 0.25) is 23.3 Å². The zero-order chi connectivity index (χ0) is 35.5. The second-order valence-corrected chi connectivity index (χ2v) is 12.9. The molecule has 2 aliphatic rings. The Hall–Kier alpha value is -5.00.